The van der Waals surface area contributed by atoms with Crippen LogP contribution in [-0.4, -0.2) is 29.2 Å². The Balaban J connectivity index is 1.45. The summed E-state index contributed by atoms with van der Waals surface area (Å²) in [6.07, 6.45) is 0. The number of nitrogens with zero attached hydrogens (tertiary/aromatic N) is 1. The molecule has 0 aliphatic carbocycles. The molecule has 0 bridgehead atoms. The first-order valence-electron chi connectivity index (χ1n) is 7.40. The first-order valence-corrected chi connectivity index (χ1v) is 9.18. The summed E-state index contributed by atoms with van der Waals surface area (Å²) in [5.74, 6) is -1.90. The molecule has 1 heterocycles. The van der Waals surface area contributed by atoms with Gasteiger partial charge in [0.15, 0.2) is 12.2 Å². The zero-order chi connectivity index (χ0) is 18.5. The van der Waals surface area contributed by atoms with Crippen LogP contribution in [0.4, 0.5) is 10.1 Å². The molecule has 0 atom stereocenters. The van der Waals surface area contributed by atoms with Gasteiger partial charge in [0.1, 0.15) is 17.1 Å². The molecular formula is C17H12BrFN2O4S. The number of anilines is 1. The molecule has 0 unspecified atom stereocenters. The molecule has 0 aliphatic heterocycles. The number of oxazole rings is 1. The number of amides is 1. The molecule has 0 aliphatic rings. The zero-order valence-electron chi connectivity index (χ0n) is 13.2. The zero-order valence-corrected chi connectivity index (χ0v) is 15.6. The number of fused-ring (bicyclic) bond motifs is 1. The lowest BCUT2D eigenvalue weighted by atomic mass is 10.3. The summed E-state index contributed by atoms with van der Waals surface area (Å²) in [6, 6.07) is 11.4. The topological polar surface area (TPSA) is 81.4 Å². The third-order valence-corrected chi connectivity index (χ3v) is 4.45. The molecule has 0 radical (unpaired) electrons. The van der Waals surface area contributed by atoms with Gasteiger partial charge in [-0.15, -0.1) is 0 Å². The summed E-state index contributed by atoms with van der Waals surface area (Å²) in [6.45, 7) is -0.511. The van der Waals surface area contributed by atoms with Crippen molar-refractivity contribution in [1.82, 2.24) is 4.98 Å². The smallest absolute Gasteiger partial charge is 0.316 e. The number of hydrogen-bond donors (Lipinski definition) is 1. The summed E-state index contributed by atoms with van der Waals surface area (Å²) in [5, 5.41) is 2.67. The number of esters is 1. The van der Waals surface area contributed by atoms with E-state index in [9.17, 15) is 14.0 Å². The van der Waals surface area contributed by atoms with Crippen molar-refractivity contribution in [3.63, 3.8) is 0 Å². The Morgan fingerprint density at radius 2 is 2.08 bits per heavy atom. The highest BCUT2D eigenvalue weighted by molar-refractivity contribution is 9.10. The number of halogens is 2. The van der Waals surface area contributed by atoms with Gasteiger partial charge in [-0.25, -0.2) is 9.37 Å². The summed E-state index contributed by atoms with van der Waals surface area (Å²) in [7, 11) is 0. The average molecular weight is 439 g/mol. The minimum absolute atomic E-state index is 0.00935. The van der Waals surface area contributed by atoms with Gasteiger partial charge < -0.3 is 14.5 Å². The Morgan fingerprint density at radius 1 is 1.27 bits per heavy atom. The standard InChI is InChI=1S/C17H12BrFN2O4S/c18-10-5-6-12(11(19)7-10)20-15(22)8-24-16(23)9-26-17-21-13-3-1-2-4-14(13)25-17/h1-7H,8-9H2,(H,20,22). The lowest BCUT2D eigenvalue weighted by Gasteiger charge is -2.07. The van der Waals surface area contributed by atoms with E-state index in [1.165, 1.54) is 12.1 Å². The number of ether oxygens (including phenoxy) is 1. The summed E-state index contributed by atoms with van der Waals surface area (Å²) in [4.78, 5) is 27.7. The van der Waals surface area contributed by atoms with Crippen LogP contribution in [0, 0.1) is 5.82 Å². The number of rotatable bonds is 6. The molecule has 1 N–H and O–H groups in total. The highest BCUT2D eigenvalue weighted by Gasteiger charge is 2.13. The average Bonchev–Trinajstić information content (AvgIpc) is 3.03. The molecule has 1 aromatic heterocycles. The maximum absolute atomic E-state index is 13.6. The van der Waals surface area contributed by atoms with E-state index in [1.807, 2.05) is 12.1 Å². The molecular weight excluding hydrogens is 427 g/mol. The summed E-state index contributed by atoms with van der Waals surface area (Å²) < 4.78 is 24.5. The predicted molar refractivity (Wildman–Crippen MR) is 98.4 cm³/mol. The van der Waals surface area contributed by atoms with Crippen molar-refractivity contribution in [2.24, 2.45) is 0 Å². The van der Waals surface area contributed by atoms with Crippen LogP contribution in [0.15, 0.2) is 56.6 Å². The highest BCUT2D eigenvalue weighted by atomic mass is 79.9. The van der Waals surface area contributed by atoms with E-state index in [1.54, 1.807) is 18.2 Å². The molecule has 0 saturated carbocycles. The second kappa shape index (κ2) is 8.33. The predicted octanol–water partition coefficient (Wildman–Crippen LogP) is 4.00. The number of thioether (sulfide) groups is 1. The van der Waals surface area contributed by atoms with Crippen LogP contribution in [0.5, 0.6) is 0 Å². The van der Waals surface area contributed by atoms with Crippen molar-refractivity contribution < 1.29 is 23.1 Å². The normalized spacial score (nSPS) is 10.7. The van der Waals surface area contributed by atoms with E-state index in [0.717, 1.165) is 11.8 Å². The number of carbonyl (C=O) groups excluding carboxylic acids is 2. The van der Waals surface area contributed by atoms with Crippen LogP contribution in [0.25, 0.3) is 11.1 Å². The minimum Gasteiger partial charge on any atom is -0.455 e. The third-order valence-electron chi connectivity index (χ3n) is 3.16. The van der Waals surface area contributed by atoms with Gasteiger partial charge in [-0.1, -0.05) is 39.8 Å². The van der Waals surface area contributed by atoms with Gasteiger partial charge in [0.2, 0.25) is 0 Å². The molecule has 134 valence electrons. The van der Waals surface area contributed by atoms with Crippen molar-refractivity contribution in [1.29, 1.82) is 0 Å². The van der Waals surface area contributed by atoms with Gasteiger partial charge in [0.25, 0.3) is 11.1 Å². The molecule has 1 amide bonds. The highest BCUT2D eigenvalue weighted by Crippen LogP contribution is 2.23. The van der Waals surface area contributed by atoms with Crippen molar-refractivity contribution in [3.8, 4) is 0 Å². The Labute approximate surface area is 160 Å². The lowest BCUT2D eigenvalue weighted by Crippen LogP contribution is -2.22. The second-order valence-electron chi connectivity index (χ2n) is 5.07. The third kappa shape index (κ3) is 4.83. The van der Waals surface area contributed by atoms with Crippen molar-refractivity contribution in [2.75, 3.05) is 17.7 Å². The van der Waals surface area contributed by atoms with Crippen LogP contribution in [0.2, 0.25) is 0 Å². The largest absolute Gasteiger partial charge is 0.455 e. The monoisotopic (exact) mass is 438 g/mol. The van der Waals surface area contributed by atoms with Gasteiger partial charge in [0.05, 0.1) is 5.69 Å². The van der Waals surface area contributed by atoms with Crippen LogP contribution >= 0.6 is 27.7 Å². The van der Waals surface area contributed by atoms with Gasteiger partial charge in [-0.2, -0.15) is 0 Å². The fourth-order valence-electron chi connectivity index (χ4n) is 2.00. The van der Waals surface area contributed by atoms with Gasteiger partial charge in [-0.05, 0) is 30.3 Å². The van der Waals surface area contributed by atoms with Gasteiger partial charge in [-0.3, -0.25) is 9.59 Å². The number of para-hydroxylation sites is 2. The van der Waals surface area contributed by atoms with Crippen LogP contribution in [0.1, 0.15) is 0 Å². The van der Waals surface area contributed by atoms with Gasteiger partial charge in [0, 0.05) is 4.47 Å². The van der Waals surface area contributed by atoms with E-state index in [4.69, 9.17) is 9.15 Å². The van der Waals surface area contributed by atoms with Crippen LogP contribution in [0.3, 0.4) is 0 Å². The maximum Gasteiger partial charge on any atom is 0.316 e. The first kappa shape index (κ1) is 18.4. The quantitative estimate of drug-likeness (QED) is 0.462. The van der Waals surface area contributed by atoms with Crippen molar-refractivity contribution >= 4 is 56.4 Å². The molecule has 26 heavy (non-hydrogen) atoms. The molecule has 0 saturated heterocycles. The molecule has 0 spiro atoms. The Morgan fingerprint density at radius 3 is 2.85 bits per heavy atom. The van der Waals surface area contributed by atoms with E-state index < -0.39 is 24.3 Å². The fourth-order valence-corrected chi connectivity index (χ4v) is 2.97. The maximum atomic E-state index is 13.6. The Kier molecular flexibility index (Phi) is 5.89. The van der Waals surface area contributed by atoms with Crippen molar-refractivity contribution in [3.05, 3.63) is 52.8 Å². The fraction of sp³-hybridized carbons (Fsp3) is 0.118. The van der Waals surface area contributed by atoms with Gasteiger partial charge >= 0.3 is 5.97 Å². The SMILES string of the molecule is O=C(COC(=O)CSc1nc2ccccc2o1)Nc1ccc(Br)cc1F. The summed E-state index contributed by atoms with van der Waals surface area (Å²) >= 11 is 4.19. The van der Waals surface area contributed by atoms with Crippen LogP contribution in [-0.2, 0) is 14.3 Å². The lowest BCUT2D eigenvalue weighted by molar-refractivity contribution is -0.144. The molecule has 3 rings (SSSR count). The molecule has 6 nitrogen and oxygen atoms in total. The van der Waals surface area contributed by atoms with E-state index in [-0.39, 0.29) is 11.4 Å². The van der Waals surface area contributed by atoms with Crippen LogP contribution < -0.4 is 5.32 Å². The van der Waals surface area contributed by atoms with E-state index in [2.05, 4.69) is 26.2 Å². The first-order chi connectivity index (χ1) is 12.5. The Bertz CT molecular complexity index is 930. The molecule has 2 aromatic carbocycles. The van der Waals surface area contributed by atoms with E-state index >= 15 is 0 Å². The number of aromatic nitrogens is 1. The number of benzene rings is 2. The summed E-state index contributed by atoms with van der Waals surface area (Å²) in [5.41, 5.74) is 1.33. The molecule has 0 fully saturated rings. The van der Waals surface area contributed by atoms with Crippen molar-refractivity contribution in [2.45, 2.75) is 5.22 Å². The minimum atomic E-state index is -0.633. The second-order valence-corrected chi connectivity index (χ2v) is 6.91. The number of nitrogens with one attached hydrogen (secondary N) is 1. The Hall–Kier alpha value is -2.39. The van der Waals surface area contributed by atoms with E-state index in [0.29, 0.717) is 20.8 Å². The molecule has 9 heteroatoms. The molecule has 3 aromatic rings. The number of hydrogen-bond acceptors (Lipinski definition) is 6. The number of carbonyl (C=O) groups is 2.